The molecule has 0 atom stereocenters. The SMILES string of the molecule is Fc1ccnc2ccncc12. The van der Waals surface area contributed by atoms with Crippen molar-refractivity contribution in [3.05, 3.63) is 36.5 Å². The second-order valence-corrected chi connectivity index (χ2v) is 2.19. The number of rotatable bonds is 0. The predicted octanol–water partition coefficient (Wildman–Crippen LogP) is 1.77. The molecule has 0 aliphatic heterocycles. The molecule has 2 heterocycles. The number of aromatic nitrogens is 2. The van der Waals surface area contributed by atoms with Crippen molar-refractivity contribution >= 4 is 10.9 Å². The molecule has 2 aromatic rings. The maximum Gasteiger partial charge on any atom is 0.135 e. The van der Waals surface area contributed by atoms with E-state index in [0.29, 0.717) is 10.9 Å². The van der Waals surface area contributed by atoms with Crippen LogP contribution in [-0.2, 0) is 0 Å². The Bertz CT molecular complexity index is 381. The first kappa shape index (κ1) is 6.22. The molecule has 0 unspecified atom stereocenters. The highest BCUT2D eigenvalue weighted by atomic mass is 19.1. The molecule has 0 saturated carbocycles. The van der Waals surface area contributed by atoms with E-state index in [4.69, 9.17) is 0 Å². The first-order valence-electron chi connectivity index (χ1n) is 3.22. The summed E-state index contributed by atoms with van der Waals surface area (Å²) in [6.07, 6.45) is 4.50. The van der Waals surface area contributed by atoms with Gasteiger partial charge in [-0.3, -0.25) is 9.97 Å². The van der Waals surface area contributed by atoms with Gasteiger partial charge in [0.15, 0.2) is 0 Å². The molecule has 0 fully saturated rings. The van der Waals surface area contributed by atoms with Gasteiger partial charge in [0.2, 0.25) is 0 Å². The molecule has 2 rings (SSSR count). The zero-order valence-electron chi connectivity index (χ0n) is 5.66. The van der Waals surface area contributed by atoms with Gasteiger partial charge in [-0.15, -0.1) is 0 Å². The average molecular weight is 148 g/mol. The molecule has 0 bridgehead atoms. The van der Waals surface area contributed by atoms with Crippen LogP contribution in [0.25, 0.3) is 10.9 Å². The van der Waals surface area contributed by atoms with Crippen molar-refractivity contribution in [2.75, 3.05) is 0 Å². The van der Waals surface area contributed by atoms with Gasteiger partial charge in [0, 0.05) is 18.6 Å². The van der Waals surface area contributed by atoms with E-state index >= 15 is 0 Å². The maximum absolute atomic E-state index is 12.9. The third-order valence-corrected chi connectivity index (χ3v) is 1.49. The molecule has 3 heteroatoms. The number of fused-ring (bicyclic) bond motifs is 1. The highest BCUT2D eigenvalue weighted by molar-refractivity contribution is 5.77. The van der Waals surface area contributed by atoms with Crippen molar-refractivity contribution in [1.29, 1.82) is 0 Å². The highest BCUT2D eigenvalue weighted by Gasteiger charge is 1.97. The second kappa shape index (κ2) is 2.27. The summed E-state index contributed by atoms with van der Waals surface area (Å²) in [7, 11) is 0. The number of hydrogen-bond acceptors (Lipinski definition) is 2. The van der Waals surface area contributed by atoms with Gasteiger partial charge >= 0.3 is 0 Å². The van der Waals surface area contributed by atoms with Crippen molar-refractivity contribution in [2.24, 2.45) is 0 Å². The molecule has 0 radical (unpaired) electrons. The lowest BCUT2D eigenvalue weighted by molar-refractivity contribution is 0.638. The van der Waals surface area contributed by atoms with Crippen molar-refractivity contribution in [3.8, 4) is 0 Å². The number of nitrogens with zero attached hydrogens (tertiary/aromatic N) is 2. The molecule has 0 amide bonds. The molecule has 2 nitrogen and oxygen atoms in total. The maximum atomic E-state index is 12.9. The normalized spacial score (nSPS) is 10.3. The van der Waals surface area contributed by atoms with Crippen LogP contribution in [0.5, 0.6) is 0 Å². The van der Waals surface area contributed by atoms with Crippen molar-refractivity contribution in [3.63, 3.8) is 0 Å². The van der Waals surface area contributed by atoms with Crippen LogP contribution in [0, 0.1) is 5.82 Å². The van der Waals surface area contributed by atoms with Crippen molar-refractivity contribution in [2.45, 2.75) is 0 Å². The zero-order chi connectivity index (χ0) is 7.68. The van der Waals surface area contributed by atoms with Crippen LogP contribution >= 0.6 is 0 Å². The first-order chi connectivity index (χ1) is 5.38. The van der Waals surface area contributed by atoms with Crippen LogP contribution in [0.1, 0.15) is 0 Å². The van der Waals surface area contributed by atoms with Gasteiger partial charge in [-0.1, -0.05) is 0 Å². The number of hydrogen-bond donors (Lipinski definition) is 0. The molecule has 54 valence electrons. The smallest absolute Gasteiger partial charge is 0.135 e. The molecule has 0 aromatic carbocycles. The summed E-state index contributed by atoms with van der Waals surface area (Å²) in [6.45, 7) is 0. The average Bonchev–Trinajstić information content (AvgIpc) is 2.06. The highest BCUT2D eigenvalue weighted by Crippen LogP contribution is 2.11. The first-order valence-corrected chi connectivity index (χ1v) is 3.22. The van der Waals surface area contributed by atoms with Gasteiger partial charge in [0.25, 0.3) is 0 Å². The lowest BCUT2D eigenvalue weighted by Crippen LogP contribution is -1.83. The molecule has 2 aromatic heterocycles. The summed E-state index contributed by atoms with van der Waals surface area (Å²) in [5.41, 5.74) is 0.639. The topological polar surface area (TPSA) is 25.8 Å². The Labute approximate surface area is 62.7 Å². The van der Waals surface area contributed by atoms with Gasteiger partial charge < -0.3 is 0 Å². The van der Waals surface area contributed by atoms with Crippen LogP contribution < -0.4 is 0 Å². The Morgan fingerprint density at radius 3 is 2.91 bits per heavy atom. The van der Waals surface area contributed by atoms with E-state index in [9.17, 15) is 4.39 Å². The summed E-state index contributed by atoms with van der Waals surface area (Å²) in [5, 5.41) is 0.468. The van der Waals surface area contributed by atoms with Crippen LogP contribution in [-0.4, -0.2) is 9.97 Å². The Morgan fingerprint density at radius 1 is 1.18 bits per heavy atom. The fourth-order valence-corrected chi connectivity index (χ4v) is 0.956. The minimum absolute atomic E-state index is 0.275. The van der Waals surface area contributed by atoms with Gasteiger partial charge in [0.1, 0.15) is 5.82 Å². The lowest BCUT2D eigenvalue weighted by Gasteiger charge is -1.94. The quantitative estimate of drug-likeness (QED) is 0.569. The number of halogens is 1. The minimum Gasteiger partial charge on any atom is -0.264 e. The van der Waals surface area contributed by atoms with Gasteiger partial charge in [-0.25, -0.2) is 4.39 Å². The molecule has 0 N–H and O–H groups in total. The Balaban J connectivity index is 2.91. The number of pyridine rings is 2. The van der Waals surface area contributed by atoms with E-state index in [2.05, 4.69) is 9.97 Å². The third-order valence-electron chi connectivity index (χ3n) is 1.49. The molecule has 0 saturated heterocycles. The third kappa shape index (κ3) is 0.941. The van der Waals surface area contributed by atoms with Gasteiger partial charge in [-0.05, 0) is 12.1 Å². The van der Waals surface area contributed by atoms with Crippen molar-refractivity contribution in [1.82, 2.24) is 9.97 Å². The van der Waals surface area contributed by atoms with E-state index in [0.717, 1.165) is 0 Å². The molecule has 11 heavy (non-hydrogen) atoms. The standard InChI is InChI=1S/C8H5FN2/c9-7-1-4-11-8-2-3-10-5-6(7)8/h1-5H. The largest absolute Gasteiger partial charge is 0.264 e. The molecular weight excluding hydrogens is 143 g/mol. The van der Waals surface area contributed by atoms with E-state index in [-0.39, 0.29) is 5.82 Å². The van der Waals surface area contributed by atoms with Crippen LogP contribution in [0.4, 0.5) is 4.39 Å². The summed E-state index contributed by atoms with van der Waals surface area (Å²) in [6, 6.07) is 3.00. The van der Waals surface area contributed by atoms with E-state index in [1.54, 1.807) is 12.3 Å². The van der Waals surface area contributed by atoms with E-state index in [1.807, 2.05) is 0 Å². The lowest BCUT2D eigenvalue weighted by atomic mass is 10.3. The molecule has 0 spiro atoms. The Hall–Kier alpha value is -1.51. The van der Waals surface area contributed by atoms with Crippen LogP contribution in [0.3, 0.4) is 0 Å². The Kier molecular flexibility index (Phi) is 1.28. The fraction of sp³-hybridized carbons (Fsp3) is 0. The predicted molar refractivity (Wildman–Crippen MR) is 39.5 cm³/mol. The second-order valence-electron chi connectivity index (χ2n) is 2.19. The molecular formula is C8H5FN2. The Morgan fingerprint density at radius 2 is 2.09 bits per heavy atom. The fourth-order valence-electron chi connectivity index (χ4n) is 0.956. The summed E-state index contributed by atoms with van der Waals surface area (Å²) in [5.74, 6) is -0.275. The van der Waals surface area contributed by atoms with Crippen LogP contribution in [0.2, 0.25) is 0 Å². The van der Waals surface area contributed by atoms with E-state index in [1.165, 1.54) is 18.5 Å². The summed E-state index contributed by atoms with van der Waals surface area (Å²) < 4.78 is 12.9. The van der Waals surface area contributed by atoms with Gasteiger partial charge in [0.05, 0.1) is 10.9 Å². The summed E-state index contributed by atoms with van der Waals surface area (Å²) in [4.78, 5) is 7.76. The molecule has 0 aliphatic carbocycles. The van der Waals surface area contributed by atoms with Gasteiger partial charge in [-0.2, -0.15) is 0 Å². The van der Waals surface area contributed by atoms with Crippen LogP contribution in [0.15, 0.2) is 30.7 Å². The minimum atomic E-state index is -0.275. The summed E-state index contributed by atoms with van der Waals surface area (Å²) >= 11 is 0. The zero-order valence-corrected chi connectivity index (χ0v) is 5.66. The van der Waals surface area contributed by atoms with E-state index < -0.39 is 0 Å². The molecule has 0 aliphatic rings. The monoisotopic (exact) mass is 148 g/mol. The van der Waals surface area contributed by atoms with Crippen molar-refractivity contribution < 1.29 is 4.39 Å².